The van der Waals surface area contributed by atoms with Crippen molar-refractivity contribution < 1.29 is 28.3 Å². The van der Waals surface area contributed by atoms with Crippen molar-refractivity contribution >= 4 is 23.6 Å². The lowest BCUT2D eigenvalue weighted by Gasteiger charge is -2.17. The largest absolute Gasteiger partial charge is 0.456 e. The number of nitrogens with one attached hydrogen (secondary N) is 2. The molecule has 0 atom stereocenters. The standard InChI is InChI=1S/C26H23FN2O5/c27-21-13-11-18(12-14-21)22(30)17-34-24(32)16-28-23(31)15-29-26(33)25(19-7-3-1-4-8-19)20-9-5-2-6-10-20/h1-14,25H,15-17H2,(H,28,31)(H,29,33). The molecule has 0 fully saturated rings. The molecule has 174 valence electrons. The van der Waals surface area contributed by atoms with Gasteiger partial charge in [0.25, 0.3) is 0 Å². The fourth-order valence-corrected chi connectivity index (χ4v) is 3.21. The maximum atomic E-state index is 12.9. The number of halogens is 1. The van der Waals surface area contributed by atoms with E-state index in [4.69, 9.17) is 4.74 Å². The molecule has 2 N–H and O–H groups in total. The first-order chi connectivity index (χ1) is 16.4. The summed E-state index contributed by atoms with van der Waals surface area (Å²) in [5.41, 5.74) is 1.76. The molecule has 0 aliphatic carbocycles. The molecule has 0 bridgehead atoms. The molecule has 0 saturated carbocycles. The van der Waals surface area contributed by atoms with Crippen LogP contribution in [0.1, 0.15) is 27.4 Å². The van der Waals surface area contributed by atoms with E-state index >= 15 is 0 Å². The van der Waals surface area contributed by atoms with Crippen LogP contribution in [0, 0.1) is 5.82 Å². The quantitative estimate of drug-likeness (QED) is 0.356. The summed E-state index contributed by atoms with van der Waals surface area (Å²) in [6, 6.07) is 23.2. The first kappa shape index (κ1) is 24.3. The molecule has 0 saturated heterocycles. The molecule has 3 aromatic rings. The van der Waals surface area contributed by atoms with E-state index in [-0.39, 0.29) is 18.0 Å². The Hall–Kier alpha value is -4.33. The third kappa shape index (κ3) is 7.09. The third-order valence-electron chi connectivity index (χ3n) is 4.91. The molecule has 7 nitrogen and oxygen atoms in total. The van der Waals surface area contributed by atoms with E-state index in [1.54, 1.807) is 0 Å². The Labute approximate surface area is 195 Å². The topological polar surface area (TPSA) is 102 Å². The lowest BCUT2D eigenvalue weighted by molar-refractivity contribution is -0.142. The second-order valence-corrected chi connectivity index (χ2v) is 7.34. The minimum atomic E-state index is -0.818. The van der Waals surface area contributed by atoms with E-state index in [1.807, 2.05) is 60.7 Å². The zero-order chi connectivity index (χ0) is 24.3. The maximum Gasteiger partial charge on any atom is 0.325 e. The molecule has 0 aromatic heterocycles. The highest BCUT2D eigenvalue weighted by atomic mass is 19.1. The Kier molecular flexibility index (Phi) is 8.62. The number of carbonyl (C=O) groups is 4. The van der Waals surface area contributed by atoms with Crippen molar-refractivity contribution in [2.45, 2.75) is 5.92 Å². The summed E-state index contributed by atoms with van der Waals surface area (Å²) >= 11 is 0. The first-order valence-electron chi connectivity index (χ1n) is 10.5. The molecule has 0 aliphatic rings. The van der Waals surface area contributed by atoms with Crippen molar-refractivity contribution in [3.8, 4) is 0 Å². The van der Waals surface area contributed by atoms with Crippen LogP contribution in [0.2, 0.25) is 0 Å². The number of benzene rings is 3. The normalized spacial score (nSPS) is 10.4. The SMILES string of the molecule is O=C(CNC(=O)C(c1ccccc1)c1ccccc1)NCC(=O)OCC(=O)c1ccc(F)cc1. The molecule has 34 heavy (non-hydrogen) atoms. The van der Waals surface area contributed by atoms with E-state index in [9.17, 15) is 23.6 Å². The van der Waals surface area contributed by atoms with Gasteiger partial charge in [-0.2, -0.15) is 0 Å². The van der Waals surface area contributed by atoms with Crippen LogP contribution in [0.5, 0.6) is 0 Å². The average molecular weight is 462 g/mol. The van der Waals surface area contributed by atoms with Gasteiger partial charge >= 0.3 is 5.97 Å². The predicted molar refractivity (Wildman–Crippen MR) is 122 cm³/mol. The molecule has 3 rings (SSSR count). The molecular weight excluding hydrogens is 439 g/mol. The second kappa shape index (κ2) is 12.1. The van der Waals surface area contributed by atoms with Crippen LogP contribution in [0.3, 0.4) is 0 Å². The van der Waals surface area contributed by atoms with Crippen LogP contribution in [0.4, 0.5) is 4.39 Å². The molecule has 0 radical (unpaired) electrons. The zero-order valence-corrected chi connectivity index (χ0v) is 18.2. The van der Waals surface area contributed by atoms with Crippen LogP contribution in [-0.2, 0) is 19.1 Å². The monoisotopic (exact) mass is 462 g/mol. The number of ether oxygens (including phenoxy) is 1. The smallest absolute Gasteiger partial charge is 0.325 e. The van der Waals surface area contributed by atoms with Crippen molar-refractivity contribution in [2.75, 3.05) is 19.7 Å². The number of Topliss-reactive ketones (excluding diaryl/α,β-unsaturated/α-hetero) is 1. The van der Waals surface area contributed by atoms with Crippen molar-refractivity contribution in [1.29, 1.82) is 0 Å². The summed E-state index contributed by atoms with van der Waals surface area (Å²) in [5, 5.41) is 4.93. The summed E-state index contributed by atoms with van der Waals surface area (Å²) in [5.74, 6) is -3.35. The van der Waals surface area contributed by atoms with Crippen LogP contribution in [-0.4, -0.2) is 43.3 Å². The Balaban J connectivity index is 1.46. The van der Waals surface area contributed by atoms with E-state index < -0.39 is 42.5 Å². The summed E-state index contributed by atoms with van der Waals surface area (Å²) in [7, 11) is 0. The highest BCUT2D eigenvalue weighted by Crippen LogP contribution is 2.24. The maximum absolute atomic E-state index is 12.9. The fourth-order valence-electron chi connectivity index (χ4n) is 3.21. The van der Waals surface area contributed by atoms with Gasteiger partial charge in [-0.3, -0.25) is 19.2 Å². The van der Waals surface area contributed by atoms with Gasteiger partial charge in [-0.1, -0.05) is 60.7 Å². The van der Waals surface area contributed by atoms with Gasteiger partial charge in [-0.15, -0.1) is 0 Å². The van der Waals surface area contributed by atoms with Crippen molar-refractivity contribution in [3.63, 3.8) is 0 Å². The highest BCUT2D eigenvalue weighted by Gasteiger charge is 2.23. The summed E-state index contributed by atoms with van der Waals surface area (Å²) in [6.07, 6.45) is 0. The molecule has 3 aromatic carbocycles. The summed E-state index contributed by atoms with van der Waals surface area (Å²) in [6.45, 7) is -1.34. The van der Waals surface area contributed by atoms with Gasteiger partial charge in [0.2, 0.25) is 11.8 Å². The first-order valence-corrected chi connectivity index (χ1v) is 10.5. The Bertz CT molecular complexity index is 1100. The van der Waals surface area contributed by atoms with Crippen molar-refractivity contribution in [3.05, 3.63) is 107 Å². The molecule has 0 aliphatic heterocycles. The van der Waals surface area contributed by atoms with Gasteiger partial charge in [-0.25, -0.2) is 4.39 Å². The fraction of sp³-hybridized carbons (Fsp3) is 0.154. The number of ketones is 1. The molecular formula is C26H23FN2O5. The summed E-state index contributed by atoms with van der Waals surface area (Å²) in [4.78, 5) is 48.7. The van der Waals surface area contributed by atoms with Crippen LogP contribution >= 0.6 is 0 Å². The van der Waals surface area contributed by atoms with Gasteiger partial charge in [0.1, 0.15) is 12.4 Å². The summed E-state index contributed by atoms with van der Waals surface area (Å²) < 4.78 is 17.7. The van der Waals surface area contributed by atoms with Crippen LogP contribution < -0.4 is 10.6 Å². The van der Waals surface area contributed by atoms with E-state index in [0.29, 0.717) is 0 Å². The second-order valence-electron chi connectivity index (χ2n) is 7.34. The lowest BCUT2D eigenvalue weighted by atomic mass is 9.90. The van der Waals surface area contributed by atoms with Crippen LogP contribution in [0.15, 0.2) is 84.9 Å². The van der Waals surface area contributed by atoms with E-state index in [2.05, 4.69) is 10.6 Å². The highest BCUT2D eigenvalue weighted by molar-refractivity contribution is 5.98. The Morgan fingerprint density at radius 1 is 0.735 bits per heavy atom. The Morgan fingerprint density at radius 2 is 1.29 bits per heavy atom. The van der Waals surface area contributed by atoms with Gasteiger partial charge in [0.15, 0.2) is 12.4 Å². The minimum Gasteiger partial charge on any atom is -0.456 e. The van der Waals surface area contributed by atoms with Gasteiger partial charge in [0.05, 0.1) is 12.5 Å². The van der Waals surface area contributed by atoms with Gasteiger partial charge in [-0.05, 0) is 35.4 Å². The molecule has 0 heterocycles. The number of rotatable bonds is 10. The van der Waals surface area contributed by atoms with Gasteiger partial charge in [0, 0.05) is 5.56 Å². The number of carbonyl (C=O) groups excluding carboxylic acids is 4. The number of amides is 2. The van der Waals surface area contributed by atoms with Crippen LogP contribution in [0.25, 0.3) is 0 Å². The lowest BCUT2D eigenvalue weighted by Crippen LogP contribution is -2.41. The van der Waals surface area contributed by atoms with Crippen molar-refractivity contribution in [1.82, 2.24) is 10.6 Å². The molecule has 2 amide bonds. The number of hydrogen-bond donors (Lipinski definition) is 2. The third-order valence-corrected chi connectivity index (χ3v) is 4.91. The predicted octanol–water partition coefficient (Wildman–Crippen LogP) is 2.62. The van der Waals surface area contributed by atoms with E-state index in [0.717, 1.165) is 23.3 Å². The zero-order valence-electron chi connectivity index (χ0n) is 18.2. The van der Waals surface area contributed by atoms with E-state index in [1.165, 1.54) is 12.1 Å². The number of esters is 1. The molecule has 8 heteroatoms. The average Bonchev–Trinajstić information content (AvgIpc) is 2.86. The molecule has 0 spiro atoms. The van der Waals surface area contributed by atoms with Gasteiger partial charge < -0.3 is 15.4 Å². The minimum absolute atomic E-state index is 0.201. The Morgan fingerprint density at radius 3 is 1.85 bits per heavy atom. The number of hydrogen-bond acceptors (Lipinski definition) is 5. The van der Waals surface area contributed by atoms with Crippen molar-refractivity contribution in [2.24, 2.45) is 0 Å². The molecule has 0 unspecified atom stereocenters.